The highest BCUT2D eigenvalue weighted by atomic mass is 35.5. The number of anilines is 2. The summed E-state index contributed by atoms with van der Waals surface area (Å²) in [5.41, 5.74) is 0.845. The second kappa shape index (κ2) is 7.68. The average molecular weight is 475 g/mol. The topological polar surface area (TPSA) is 110 Å². The van der Waals surface area contributed by atoms with E-state index in [1.54, 1.807) is 12.4 Å². The third kappa shape index (κ3) is 3.45. The Morgan fingerprint density at radius 1 is 1.19 bits per heavy atom. The van der Waals surface area contributed by atoms with Crippen LogP contribution in [0.3, 0.4) is 0 Å². The van der Waals surface area contributed by atoms with Crippen molar-refractivity contribution in [2.75, 3.05) is 35.7 Å². The molecule has 0 unspecified atom stereocenters. The van der Waals surface area contributed by atoms with Gasteiger partial charge in [-0.25, -0.2) is 15.0 Å². The van der Waals surface area contributed by atoms with Crippen molar-refractivity contribution in [3.63, 3.8) is 0 Å². The van der Waals surface area contributed by atoms with Crippen molar-refractivity contribution in [1.29, 1.82) is 0 Å². The molecule has 0 bridgehead atoms. The second-order valence-corrected chi connectivity index (χ2v) is 11.9. The van der Waals surface area contributed by atoms with Gasteiger partial charge in [0, 0.05) is 36.8 Å². The fourth-order valence-electron chi connectivity index (χ4n) is 5.63. The quantitative estimate of drug-likeness (QED) is 0.636. The van der Waals surface area contributed by atoms with Gasteiger partial charge in [-0.3, -0.25) is 0 Å². The minimum absolute atomic E-state index is 0.0642. The van der Waals surface area contributed by atoms with Gasteiger partial charge in [-0.15, -0.1) is 0 Å². The van der Waals surface area contributed by atoms with E-state index in [1.165, 1.54) is 0 Å². The lowest BCUT2D eigenvalue weighted by Gasteiger charge is -2.58. The number of hydrogen-bond acceptors (Lipinski definition) is 8. The molecular formula is C22H27ClN6O2S. The molecule has 8 nitrogen and oxygen atoms in total. The van der Waals surface area contributed by atoms with E-state index in [0.717, 1.165) is 80.4 Å². The fourth-order valence-corrected chi connectivity index (χ4v) is 7.06. The average Bonchev–Trinajstić information content (AvgIpc) is 2.70. The highest BCUT2D eigenvalue weighted by Crippen LogP contribution is 2.56. The van der Waals surface area contributed by atoms with E-state index in [4.69, 9.17) is 21.6 Å². The molecule has 0 amide bonds. The zero-order chi connectivity index (χ0) is 21.9. The molecule has 4 heterocycles. The smallest absolute Gasteiger partial charge is 0.227 e. The van der Waals surface area contributed by atoms with Crippen molar-refractivity contribution in [1.82, 2.24) is 19.9 Å². The summed E-state index contributed by atoms with van der Waals surface area (Å²) in [5.74, 6) is 3.30. The van der Waals surface area contributed by atoms with Gasteiger partial charge in [0.2, 0.25) is 10.8 Å². The summed E-state index contributed by atoms with van der Waals surface area (Å²) >= 11 is 4.82. The first-order chi connectivity index (χ1) is 15.5. The van der Waals surface area contributed by atoms with E-state index in [-0.39, 0.29) is 17.6 Å². The molecule has 10 heteroatoms. The molecule has 1 saturated heterocycles. The van der Waals surface area contributed by atoms with E-state index < -0.39 is 11.2 Å². The van der Waals surface area contributed by atoms with E-state index >= 15 is 0 Å². The molecule has 6 rings (SSSR count). The first kappa shape index (κ1) is 20.9. The van der Waals surface area contributed by atoms with E-state index in [0.29, 0.717) is 22.5 Å². The predicted molar refractivity (Wildman–Crippen MR) is 123 cm³/mol. The van der Waals surface area contributed by atoms with Gasteiger partial charge in [0.1, 0.15) is 17.3 Å². The van der Waals surface area contributed by atoms with Crippen LogP contribution in [0.25, 0.3) is 0 Å². The molecule has 2 saturated carbocycles. The molecule has 2 aliphatic carbocycles. The summed E-state index contributed by atoms with van der Waals surface area (Å²) in [6.45, 7) is 1.90. The van der Waals surface area contributed by atoms with Gasteiger partial charge in [0.25, 0.3) is 0 Å². The number of hydrogen-bond donors (Lipinski definition) is 2. The molecule has 1 atom stereocenters. The van der Waals surface area contributed by atoms with Gasteiger partial charge in [-0.1, -0.05) is 11.6 Å². The van der Waals surface area contributed by atoms with Gasteiger partial charge in [-0.05, 0) is 56.1 Å². The molecule has 2 aromatic heterocycles. The summed E-state index contributed by atoms with van der Waals surface area (Å²) in [6.07, 6.45) is 10.1. The highest BCUT2D eigenvalue weighted by Gasteiger charge is 2.54. The SMILES string of the molecule is [O-][S@+]1CCCc2nc(N3CC4(CC(c5ncc(Cl)cn5)C4)C3)nc(NC3(CO)CCC3)c21. The van der Waals surface area contributed by atoms with Crippen LogP contribution in [0, 0.1) is 5.41 Å². The van der Waals surface area contributed by atoms with Gasteiger partial charge in [0.05, 0.1) is 17.2 Å². The number of aliphatic hydroxyl groups is 1. The van der Waals surface area contributed by atoms with Crippen molar-refractivity contribution in [3.8, 4) is 0 Å². The third-order valence-electron chi connectivity index (χ3n) is 7.59. The largest absolute Gasteiger partial charge is 0.611 e. The van der Waals surface area contributed by atoms with Gasteiger partial charge >= 0.3 is 0 Å². The number of nitrogens with zero attached hydrogens (tertiary/aromatic N) is 5. The molecule has 2 N–H and O–H groups in total. The zero-order valence-electron chi connectivity index (χ0n) is 17.9. The van der Waals surface area contributed by atoms with Crippen LogP contribution in [0.1, 0.15) is 56.0 Å². The maximum absolute atomic E-state index is 12.8. The van der Waals surface area contributed by atoms with Crippen molar-refractivity contribution >= 4 is 34.5 Å². The lowest BCUT2D eigenvalue weighted by Crippen LogP contribution is -2.62. The molecule has 2 aliphatic heterocycles. The second-order valence-electron chi connectivity index (χ2n) is 9.94. The summed E-state index contributed by atoms with van der Waals surface area (Å²) in [5, 5.41) is 14.0. The highest BCUT2D eigenvalue weighted by molar-refractivity contribution is 7.91. The van der Waals surface area contributed by atoms with E-state index in [2.05, 4.69) is 20.2 Å². The Morgan fingerprint density at radius 3 is 2.59 bits per heavy atom. The van der Waals surface area contributed by atoms with Crippen molar-refractivity contribution in [3.05, 3.63) is 28.9 Å². The zero-order valence-corrected chi connectivity index (χ0v) is 19.5. The summed E-state index contributed by atoms with van der Waals surface area (Å²) < 4.78 is 12.8. The van der Waals surface area contributed by atoms with Crippen molar-refractivity contribution in [2.24, 2.45) is 5.41 Å². The van der Waals surface area contributed by atoms with Crippen LogP contribution in [-0.4, -0.2) is 60.6 Å². The molecule has 2 aromatic rings. The number of rotatable bonds is 5. The number of aromatic nitrogens is 4. The number of aliphatic hydroxyl groups excluding tert-OH is 1. The van der Waals surface area contributed by atoms with Crippen LogP contribution >= 0.6 is 11.6 Å². The molecule has 0 aromatic carbocycles. The summed E-state index contributed by atoms with van der Waals surface area (Å²) in [4.78, 5) is 21.4. The van der Waals surface area contributed by atoms with Crippen molar-refractivity contribution in [2.45, 2.75) is 61.3 Å². The van der Waals surface area contributed by atoms with Crippen molar-refractivity contribution < 1.29 is 9.66 Å². The molecule has 1 spiro atoms. The maximum Gasteiger partial charge on any atom is 0.227 e. The number of nitrogens with one attached hydrogen (secondary N) is 1. The van der Waals surface area contributed by atoms with Crippen LogP contribution in [0.5, 0.6) is 0 Å². The Balaban J connectivity index is 1.20. The van der Waals surface area contributed by atoms with Gasteiger partial charge in [0.15, 0.2) is 5.82 Å². The lowest BCUT2D eigenvalue weighted by atomic mass is 9.57. The molecular weight excluding hydrogens is 448 g/mol. The summed E-state index contributed by atoms with van der Waals surface area (Å²) in [6, 6.07) is 0. The molecule has 170 valence electrons. The summed E-state index contributed by atoms with van der Waals surface area (Å²) in [7, 11) is 0. The van der Waals surface area contributed by atoms with Crippen LogP contribution in [0.4, 0.5) is 11.8 Å². The monoisotopic (exact) mass is 474 g/mol. The van der Waals surface area contributed by atoms with Crippen LogP contribution < -0.4 is 10.2 Å². The Hall–Kier alpha value is -1.68. The maximum atomic E-state index is 12.8. The standard InChI is InChI=1S/C22H27ClN6O2S/c23-15-9-24-18(25-10-15)14-7-21(8-14)11-29(12-21)20-26-16-3-1-6-32(31)17(16)19(27-20)28-22(13-30)4-2-5-22/h9-10,14,30H,1-8,11-13H2,(H,26,27,28)/t32-/m1/s1. The van der Waals surface area contributed by atoms with E-state index in [9.17, 15) is 9.66 Å². The number of halogens is 1. The molecule has 0 radical (unpaired) electrons. The van der Waals surface area contributed by atoms with Crippen LogP contribution in [0.2, 0.25) is 5.02 Å². The van der Waals surface area contributed by atoms with Gasteiger partial charge < -0.3 is 19.9 Å². The van der Waals surface area contributed by atoms with Crippen LogP contribution in [0.15, 0.2) is 17.3 Å². The van der Waals surface area contributed by atoms with Crippen LogP contribution in [-0.2, 0) is 17.6 Å². The minimum atomic E-state index is -1.09. The predicted octanol–water partition coefficient (Wildman–Crippen LogP) is 2.68. The first-order valence-electron chi connectivity index (χ1n) is 11.4. The number of aryl methyl sites for hydroxylation is 1. The molecule has 32 heavy (non-hydrogen) atoms. The molecule has 4 aliphatic rings. The minimum Gasteiger partial charge on any atom is -0.611 e. The number of fused-ring (bicyclic) bond motifs is 1. The van der Waals surface area contributed by atoms with Gasteiger partial charge in [-0.2, -0.15) is 4.98 Å². The molecule has 3 fully saturated rings. The van der Waals surface area contributed by atoms with E-state index in [1.807, 2.05) is 0 Å². The fraction of sp³-hybridized carbons (Fsp3) is 0.636. The Morgan fingerprint density at radius 2 is 1.94 bits per heavy atom. The normalized spacial score (nSPS) is 25.5. The lowest BCUT2D eigenvalue weighted by molar-refractivity contribution is 0.0582. The third-order valence-corrected chi connectivity index (χ3v) is 9.33. The Labute approximate surface area is 195 Å². The first-order valence-corrected chi connectivity index (χ1v) is 13.1. The Bertz CT molecular complexity index is 1010. The Kier molecular flexibility index (Phi) is 5.02.